The van der Waals surface area contributed by atoms with Crippen LogP contribution < -0.4 is 0 Å². The molecule has 78 valence electrons. The molecule has 1 aromatic carbocycles. The zero-order valence-corrected chi connectivity index (χ0v) is 9.50. The van der Waals surface area contributed by atoms with E-state index >= 15 is 0 Å². The third kappa shape index (κ3) is 1.32. The first-order valence-electron chi connectivity index (χ1n) is 4.62. The second-order valence-electron chi connectivity index (χ2n) is 3.35. The van der Waals surface area contributed by atoms with Crippen LogP contribution in [0.25, 0.3) is 21.7 Å². The number of benzene rings is 1. The molecule has 0 unspecified atom stereocenters. The third-order valence-corrected chi connectivity index (χ3v) is 2.97. The van der Waals surface area contributed by atoms with Gasteiger partial charge in [-0.15, -0.1) is 10.2 Å². The summed E-state index contributed by atoms with van der Waals surface area (Å²) in [7, 11) is 0. The summed E-state index contributed by atoms with van der Waals surface area (Å²) >= 11 is 12.0. The number of fused-ring (bicyclic) bond motifs is 3. The molecule has 3 aromatic rings. The first-order chi connectivity index (χ1) is 7.77. The van der Waals surface area contributed by atoms with Crippen molar-refractivity contribution in [1.82, 2.24) is 15.2 Å². The lowest BCUT2D eigenvalue weighted by atomic mass is 10.1. The molecular weight excluding hydrogens is 245 g/mol. The Kier molecular flexibility index (Phi) is 2.16. The number of hydrogen-bond donors (Lipinski definition) is 0. The van der Waals surface area contributed by atoms with Crippen molar-refractivity contribution in [2.75, 3.05) is 0 Å². The highest BCUT2D eigenvalue weighted by Crippen LogP contribution is 2.30. The number of para-hydroxylation sites is 1. The van der Waals surface area contributed by atoms with Crippen LogP contribution in [0.15, 0.2) is 30.5 Å². The quantitative estimate of drug-likeness (QED) is 0.573. The fraction of sp³-hybridized carbons (Fsp3) is 0. The van der Waals surface area contributed by atoms with Crippen LogP contribution in [0.1, 0.15) is 0 Å². The summed E-state index contributed by atoms with van der Waals surface area (Å²) in [6.45, 7) is 0. The topological polar surface area (TPSA) is 38.7 Å². The molecule has 3 rings (SSSR count). The Balaban J connectivity index is 2.64. The van der Waals surface area contributed by atoms with Crippen LogP contribution in [0.3, 0.4) is 0 Å². The maximum Gasteiger partial charge on any atom is 0.161 e. The summed E-state index contributed by atoms with van der Waals surface area (Å²) in [5, 5.41) is 10.7. The van der Waals surface area contributed by atoms with Gasteiger partial charge in [0.2, 0.25) is 0 Å². The molecule has 0 aliphatic rings. The second-order valence-corrected chi connectivity index (χ2v) is 4.06. The van der Waals surface area contributed by atoms with Crippen molar-refractivity contribution in [3.05, 3.63) is 40.8 Å². The van der Waals surface area contributed by atoms with Crippen molar-refractivity contribution in [2.45, 2.75) is 0 Å². The van der Waals surface area contributed by atoms with Crippen LogP contribution >= 0.6 is 23.2 Å². The predicted molar refractivity (Wildman–Crippen MR) is 64.9 cm³/mol. The lowest BCUT2D eigenvalue weighted by Gasteiger charge is -2.04. The minimum atomic E-state index is 0.317. The molecule has 0 spiro atoms. The Morgan fingerprint density at radius 1 is 0.875 bits per heavy atom. The SMILES string of the molecule is Clc1nnc(Cl)c2c1cnc1ccccc12. The van der Waals surface area contributed by atoms with Gasteiger partial charge in [0.15, 0.2) is 10.3 Å². The van der Waals surface area contributed by atoms with Gasteiger partial charge in [0.05, 0.1) is 5.52 Å². The highest BCUT2D eigenvalue weighted by Gasteiger charge is 2.10. The zero-order valence-electron chi connectivity index (χ0n) is 7.98. The minimum Gasteiger partial charge on any atom is -0.255 e. The Morgan fingerprint density at radius 3 is 2.50 bits per heavy atom. The molecule has 2 aromatic heterocycles. The van der Waals surface area contributed by atoms with Crippen molar-refractivity contribution in [3.63, 3.8) is 0 Å². The fourth-order valence-electron chi connectivity index (χ4n) is 1.71. The summed E-state index contributed by atoms with van der Waals surface area (Å²) < 4.78 is 0. The first-order valence-corrected chi connectivity index (χ1v) is 5.38. The van der Waals surface area contributed by atoms with Crippen molar-refractivity contribution < 1.29 is 0 Å². The standard InChI is InChI=1S/C11H5Cl2N3/c12-10-7-5-14-8-4-2-1-3-6(8)9(7)11(13)16-15-10/h1-5H. The third-order valence-electron chi connectivity index (χ3n) is 2.43. The number of pyridine rings is 1. The molecule has 0 aliphatic carbocycles. The van der Waals surface area contributed by atoms with Gasteiger partial charge in [-0.25, -0.2) is 0 Å². The first kappa shape index (κ1) is 9.75. The van der Waals surface area contributed by atoms with Gasteiger partial charge in [-0.3, -0.25) is 4.98 Å². The molecule has 0 saturated heterocycles. The summed E-state index contributed by atoms with van der Waals surface area (Å²) in [5.41, 5.74) is 0.862. The Labute approximate surface area is 101 Å². The summed E-state index contributed by atoms with van der Waals surface area (Å²) in [6.07, 6.45) is 1.67. The highest BCUT2D eigenvalue weighted by atomic mass is 35.5. The van der Waals surface area contributed by atoms with Crippen molar-refractivity contribution in [2.24, 2.45) is 0 Å². The largest absolute Gasteiger partial charge is 0.255 e. The zero-order chi connectivity index (χ0) is 11.1. The average molecular weight is 250 g/mol. The van der Waals surface area contributed by atoms with Crippen LogP contribution in [0.2, 0.25) is 10.3 Å². The number of hydrogen-bond acceptors (Lipinski definition) is 3. The minimum absolute atomic E-state index is 0.317. The smallest absolute Gasteiger partial charge is 0.161 e. The normalized spacial score (nSPS) is 11.1. The molecule has 0 fully saturated rings. The maximum atomic E-state index is 6.05. The highest BCUT2D eigenvalue weighted by molar-refractivity contribution is 6.40. The molecule has 16 heavy (non-hydrogen) atoms. The van der Waals surface area contributed by atoms with Crippen molar-refractivity contribution in [3.8, 4) is 0 Å². The molecule has 5 heteroatoms. The molecule has 3 nitrogen and oxygen atoms in total. The van der Waals surface area contributed by atoms with E-state index in [1.807, 2.05) is 24.3 Å². The van der Waals surface area contributed by atoms with Gasteiger partial charge in [0, 0.05) is 22.4 Å². The van der Waals surface area contributed by atoms with Crippen LogP contribution in [0.5, 0.6) is 0 Å². The van der Waals surface area contributed by atoms with Gasteiger partial charge in [0.25, 0.3) is 0 Å². The van der Waals surface area contributed by atoms with Crippen molar-refractivity contribution in [1.29, 1.82) is 0 Å². The van der Waals surface area contributed by atoms with E-state index in [0.717, 1.165) is 21.7 Å². The number of rotatable bonds is 0. The maximum absolute atomic E-state index is 6.05. The van der Waals surface area contributed by atoms with Gasteiger partial charge in [-0.2, -0.15) is 0 Å². The van der Waals surface area contributed by atoms with Crippen LogP contribution in [0, 0.1) is 0 Å². The summed E-state index contributed by atoms with van der Waals surface area (Å²) in [6, 6.07) is 7.70. The van der Waals surface area contributed by atoms with Gasteiger partial charge >= 0.3 is 0 Å². The molecule has 0 radical (unpaired) electrons. The number of nitrogens with zero attached hydrogens (tertiary/aromatic N) is 3. The molecule has 0 aliphatic heterocycles. The van der Waals surface area contributed by atoms with Gasteiger partial charge in [-0.1, -0.05) is 41.4 Å². The molecule has 0 amide bonds. The number of halogens is 2. The second kappa shape index (κ2) is 3.54. The van der Waals surface area contributed by atoms with E-state index in [-0.39, 0.29) is 0 Å². The molecule has 2 heterocycles. The van der Waals surface area contributed by atoms with E-state index in [1.54, 1.807) is 6.20 Å². The fourth-order valence-corrected chi connectivity index (χ4v) is 2.13. The van der Waals surface area contributed by atoms with E-state index < -0.39 is 0 Å². The number of aromatic nitrogens is 3. The van der Waals surface area contributed by atoms with Crippen LogP contribution in [-0.4, -0.2) is 15.2 Å². The Morgan fingerprint density at radius 2 is 1.62 bits per heavy atom. The van der Waals surface area contributed by atoms with E-state index in [2.05, 4.69) is 15.2 Å². The lowest BCUT2D eigenvalue weighted by molar-refractivity contribution is 1.05. The van der Waals surface area contributed by atoms with E-state index in [0.29, 0.717) is 10.3 Å². The summed E-state index contributed by atoms with van der Waals surface area (Å²) in [5.74, 6) is 0. The Bertz CT molecular complexity index is 697. The molecule has 0 bridgehead atoms. The van der Waals surface area contributed by atoms with Crippen LogP contribution in [0.4, 0.5) is 0 Å². The monoisotopic (exact) mass is 249 g/mol. The van der Waals surface area contributed by atoms with Gasteiger partial charge in [-0.05, 0) is 6.07 Å². The Hall–Kier alpha value is -1.45. The molecule has 0 saturated carbocycles. The lowest BCUT2D eigenvalue weighted by Crippen LogP contribution is -1.89. The predicted octanol–water partition coefficient (Wildman–Crippen LogP) is 3.48. The van der Waals surface area contributed by atoms with E-state index in [1.165, 1.54) is 0 Å². The summed E-state index contributed by atoms with van der Waals surface area (Å²) in [4.78, 5) is 4.30. The molecule has 0 N–H and O–H groups in total. The van der Waals surface area contributed by atoms with E-state index in [9.17, 15) is 0 Å². The average Bonchev–Trinajstić information content (AvgIpc) is 2.33. The van der Waals surface area contributed by atoms with Gasteiger partial charge < -0.3 is 0 Å². The van der Waals surface area contributed by atoms with Crippen molar-refractivity contribution >= 4 is 44.9 Å². The van der Waals surface area contributed by atoms with Crippen LogP contribution in [-0.2, 0) is 0 Å². The van der Waals surface area contributed by atoms with Gasteiger partial charge in [0.1, 0.15) is 0 Å². The molecule has 0 atom stereocenters. The van der Waals surface area contributed by atoms with E-state index in [4.69, 9.17) is 23.2 Å². The molecular formula is C11H5Cl2N3.